The lowest BCUT2D eigenvalue weighted by atomic mass is 10.0. The van der Waals surface area contributed by atoms with E-state index in [4.69, 9.17) is 4.74 Å². The third kappa shape index (κ3) is 10.9. The predicted octanol–water partition coefficient (Wildman–Crippen LogP) is 9.70. The van der Waals surface area contributed by atoms with Crippen LogP contribution in [0.1, 0.15) is 119 Å². The highest BCUT2D eigenvalue weighted by Crippen LogP contribution is 2.22. The van der Waals surface area contributed by atoms with Crippen molar-refractivity contribution in [1.29, 1.82) is 0 Å². The van der Waals surface area contributed by atoms with Crippen LogP contribution in [0.2, 0.25) is 0 Å². The molecule has 1 aromatic heterocycles. The third-order valence-corrected chi connectivity index (χ3v) is 7.19. The van der Waals surface area contributed by atoms with E-state index in [1.807, 2.05) is 24.5 Å². The number of unbranched alkanes of at least 4 members (excludes halogenated alkanes) is 11. The van der Waals surface area contributed by atoms with Crippen molar-refractivity contribution in [3.63, 3.8) is 0 Å². The Hall–Kier alpha value is -3.08. The molecule has 3 rings (SSSR count). The second-order valence-corrected chi connectivity index (χ2v) is 10.5. The molecule has 4 nitrogen and oxygen atoms in total. The zero-order chi connectivity index (χ0) is 27.7. The van der Waals surface area contributed by atoms with Gasteiger partial charge in [0, 0.05) is 24.0 Å². The largest absolute Gasteiger partial charge is 0.423 e. The van der Waals surface area contributed by atoms with Gasteiger partial charge in [0.2, 0.25) is 0 Å². The fourth-order valence-electron chi connectivity index (χ4n) is 4.73. The number of halogens is 1. The highest BCUT2D eigenvalue weighted by atomic mass is 19.1. The van der Waals surface area contributed by atoms with E-state index < -0.39 is 5.97 Å². The first-order chi connectivity index (χ1) is 19.1. The molecule has 0 bridgehead atoms. The van der Waals surface area contributed by atoms with Crippen LogP contribution in [0.5, 0.6) is 5.75 Å². The van der Waals surface area contributed by atoms with E-state index in [2.05, 4.69) is 23.8 Å². The maximum atomic E-state index is 14.6. The number of esters is 1. The fourth-order valence-corrected chi connectivity index (χ4v) is 4.73. The van der Waals surface area contributed by atoms with Gasteiger partial charge in [-0.15, -0.1) is 0 Å². The van der Waals surface area contributed by atoms with Crippen LogP contribution in [0.25, 0.3) is 11.4 Å². The lowest BCUT2D eigenvalue weighted by Crippen LogP contribution is -2.09. The number of carbonyl (C=O) groups excluding carboxylic acids is 1. The van der Waals surface area contributed by atoms with Gasteiger partial charge >= 0.3 is 5.97 Å². The SMILES string of the molecule is CCCCCCCCCc1ccc(OC(=O)c2ccc(-c3ncc(CCCCCCCC)cn3)cc2)cc1F. The first-order valence-electron chi connectivity index (χ1n) is 15.0. The fraction of sp³-hybridized carbons (Fsp3) is 0.500. The van der Waals surface area contributed by atoms with Crippen LogP contribution < -0.4 is 4.74 Å². The van der Waals surface area contributed by atoms with Crippen LogP contribution in [-0.4, -0.2) is 15.9 Å². The number of benzene rings is 2. The average molecular weight is 533 g/mol. The van der Waals surface area contributed by atoms with Crippen LogP contribution in [-0.2, 0) is 12.8 Å². The van der Waals surface area contributed by atoms with Gasteiger partial charge < -0.3 is 4.74 Å². The third-order valence-electron chi connectivity index (χ3n) is 7.19. The molecule has 1 heterocycles. The molecule has 210 valence electrons. The maximum Gasteiger partial charge on any atom is 0.343 e. The molecule has 0 aliphatic carbocycles. The quantitative estimate of drug-likeness (QED) is 0.0929. The van der Waals surface area contributed by atoms with Crippen molar-refractivity contribution in [2.45, 2.75) is 110 Å². The first kappa shape index (κ1) is 30.5. The summed E-state index contributed by atoms with van der Waals surface area (Å²) in [6, 6.07) is 11.7. The van der Waals surface area contributed by atoms with Crippen molar-refractivity contribution in [2.75, 3.05) is 0 Å². The molecule has 0 atom stereocenters. The Morgan fingerprint density at radius 1 is 0.718 bits per heavy atom. The molecule has 0 spiro atoms. The van der Waals surface area contributed by atoms with E-state index in [0.29, 0.717) is 23.4 Å². The van der Waals surface area contributed by atoms with Gasteiger partial charge in [-0.3, -0.25) is 0 Å². The molecule has 0 unspecified atom stereocenters. The lowest BCUT2D eigenvalue weighted by molar-refractivity contribution is 0.0734. The minimum absolute atomic E-state index is 0.217. The van der Waals surface area contributed by atoms with E-state index in [1.54, 1.807) is 24.3 Å². The summed E-state index contributed by atoms with van der Waals surface area (Å²) in [6.07, 6.45) is 21.5. The van der Waals surface area contributed by atoms with Crippen LogP contribution in [0, 0.1) is 5.82 Å². The Morgan fingerprint density at radius 2 is 1.28 bits per heavy atom. The minimum Gasteiger partial charge on any atom is -0.423 e. The summed E-state index contributed by atoms with van der Waals surface area (Å²) < 4.78 is 20.0. The number of hydrogen-bond donors (Lipinski definition) is 0. The average Bonchev–Trinajstić information content (AvgIpc) is 2.96. The Balaban J connectivity index is 1.45. The highest BCUT2D eigenvalue weighted by Gasteiger charge is 2.12. The zero-order valence-corrected chi connectivity index (χ0v) is 23.9. The Bertz CT molecular complexity index is 1110. The number of ether oxygens (including phenoxy) is 1. The molecule has 0 amide bonds. The first-order valence-corrected chi connectivity index (χ1v) is 15.0. The van der Waals surface area contributed by atoms with Crippen molar-refractivity contribution in [2.24, 2.45) is 0 Å². The number of aromatic nitrogens is 2. The van der Waals surface area contributed by atoms with E-state index in [1.165, 1.54) is 70.3 Å². The molecule has 3 aromatic rings. The van der Waals surface area contributed by atoms with Gasteiger partial charge in [-0.2, -0.15) is 0 Å². The van der Waals surface area contributed by atoms with Crippen molar-refractivity contribution >= 4 is 5.97 Å². The summed E-state index contributed by atoms with van der Waals surface area (Å²) in [5.74, 6) is 0.00381. The van der Waals surface area contributed by atoms with Gasteiger partial charge in [0.1, 0.15) is 11.6 Å². The van der Waals surface area contributed by atoms with Crippen LogP contribution in [0.3, 0.4) is 0 Å². The molecular weight excluding hydrogens is 487 g/mol. The standard InChI is InChI=1S/C34H45FN2O2/c1-3-5-7-9-11-13-15-17-28-22-23-31(24-32(28)35)39-34(38)30-20-18-29(19-21-30)33-36-25-27(26-37-33)16-14-12-10-8-6-4-2/h18-26H,3-17H2,1-2H3. The summed E-state index contributed by atoms with van der Waals surface area (Å²) >= 11 is 0. The Kier molecular flexibility index (Phi) is 13.7. The Morgan fingerprint density at radius 3 is 1.87 bits per heavy atom. The van der Waals surface area contributed by atoms with E-state index >= 15 is 0 Å². The molecule has 0 radical (unpaired) electrons. The molecule has 0 aliphatic heterocycles. The van der Waals surface area contributed by atoms with Gasteiger partial charge in [-0.1, -0.05) is 103 Å². The van der Waals surface area contributed by atoms with Crippen molar-refractivity contribution in [3.8, 4) is 17.1 Å². The number of aryl methyl sites for hydroxylation is 2. The van der Waals surface area contributed by atoms with Gasteiger partial charge in [-0.05, 0) is 55.0 Å². The van der Waals surface area contributed by atoms with Crippen molar-refractivity contribution in [3.05, 3.63) is 77.4 Å². The van der Waals surface area contributed by atoms with Gasteiger partial charge in [0.25, 0.3) is 0 Å². The van der Waals surface area contributed by atoms with E-state index in [0.717, 1.165) is 36.8 Å². The van der Waals surface area contributed by atoms with E-state index in [9.17, 15) is 9.18 Å². The zero-order valence-electron chi connectivity index (χ0n) is 23.9. The van der Waals surface area contributed by atoms with Crippen LogP contribution in [0.15, 0.2) is 54.9 Å². The smallest absolute Gasteiger partial charge is 0.343 e. The molecule has 0 aliphatic rings. The van der Waals surface area contributed by atoms with Gasteiger partial charge in [0.15, 0.2) is 5.82 Å². The lowest BCUT2D eigenvalue weighted by Gasteiger charge is -2.08. The summed E-state index contributed by atoms with van der Waals surface area (Å²) in [5, 5.41) is 0. The molecule has 0 saturated carbocycles. The number of rotatable bonds is 18. The highest BCUT2D eigenvalue weighted by molar-refractivity contribution is 5.91. The second kappa shape index (κ2) is 17.5. The van der Waals surface area contributed by atoms with Crippen LogP contribution >= 0.6 is 0 Å². The predicted molar refractivity (Wildman–Crippen MR) is 158 cm³/mol. The number of nitrogens with zero attached hydrogens (tertiary/aromatic N) is 2. The summed E-state index contributed by atoms with van der Waals surface area (Å²) in [5.41, 5.74) is 3.05. The van der Waals surface area contributed by atoms with Crippen molar-refractivity contribution in [1.82, 2.24) is 9.97 Å². The summed E-state index contributed by atoms with van der Waals surface area (Å²) in [7, 11) is 0. The maximum absolute atomic E-state index is 14.6. The molecule has 39 heavy (non-hydrogen) atoms. The monoisotopic (exact) mass is 532 g/mol. The second-order valence-electron chi connectivity index (χ2n) is 10.5. The normalized spacial score (nSPS) is 11.1. The number of carbonyl (C=O) groups is 1. The van der Waals surface area contributed by atoms with Gasteiger partial charge in [0.05, 0.1) is 5.56 Å². The molecule has 0 saturated heterocycles. The molecule has 2 aromatic carbocycles. The minimum atomic E-state index is -0.518. The summed E-state index contributed by atoms with van der Waals surface area (Å²) in [6.45, 7) is 4.45. The summed E-state index contributed by atoms with van der Waals surface area (Å²) in [4.78, 5) is 21.7. The molecule has 5 heteroatoms. The Labute approximate surface area is 234 Å². The molecular formula is C34H45FN2O2. The topological polar surface area (TPSA) is 52.1 Å². The van der Waals surface area contributed by atoms with E-state index in [-0.39, 0.29) is 11.6 Å². The molecule has 0 fully saturated rings. The molecule has 0 N–H and O–H groups in total. The van der Waals surface area contributed by atoms with Gasteiger partial charge in [-0.25, -0.2) is 19.2 Å². The van der Waals surface area contributed by atoms with Crippen molar-refractivity contribution < 1.29 is 13.9 Å². The number of hydrogen-bond acceptors (Lipinski definition) is 4. The van der Waals surface area contributed by atoms with Crippen LogP contribution in [0.4, 0.5) is 4.39 Å².